The molecule has 0 saturated carbocycles. The minimum absolute atomic E-state index is 0.0258. The number of rotatable bonds is 5. The first-order valence-corrected chi connectivity index (χ1v) is 7.35. The fraction of sp³-hybridized carbons (Fsp3) is 0.158. The minimum atomic E-state index is -0.0258. The van der Waals surface area contributed by atoms with Gasteiger partial charge in [-0.1, -0.05) is 12.1 Å². The average Bonchev–Trinajstić information content (AvgIpc) is 2.61. The molecule has 23 heavy (non-hydrogen) atoms. The molecule has 4 nitrogen and oxygen atoms in total. The number of fused-ring (bicyclic) bond motifs is 1. The number of nitrogens with zero attached hydrogens (tertiary/aromatic N) is 1. The van der Waals surface area contributed by atoms with Gasteiger partial charge in [-0.2, -0.15) is 4.57 Å². The quantitative estimate of drug-likeness (QED) is 0.537. The maximum absolute atomic E-state index is 12.7. The minimum Gasteiger partial charge on any atom is -0.497 e. The molecule has 0 N–H and O–H groups in total. The molecule has 1 aromatic heterocycles. The van der Waals surface area contributed by atoms with Crippen molar-refractivity contribution in [3.05, 3.63) is 66.4 Å². The molecule has 0 atom stereocenters. The number of hydrogen-bond donors (Lipinski definition) is 0. The summed E-state index contributed by atoms with van der Waals surface area (Å²) in [6.07, 6.45) is 1.91. The Morgan fingerprint density at radius 1 is 1.00 bits per heavy atom. The molecule has 2 aromatic carbocycles. The summed E-state index contributed by atoms with van der Waals surface area (Å²) < 4.78 is 12.5. The fourth-order valence-electron chi connectivity index (χ4n) is 2.63. The Balaban J connectivity index is 1.98. The number of hydrogen-bond acceptors (Lipinski definition) is 3. The predicted molar refractivity (Wildman–Crippen MR) is 88.0 cm³/mol. The van der Waals surface area contributed by atoms with Gasteiger partial charge in [0, 0.05) is 17.5 Å². The van der Waals surface area contributed by atoms with E-state index >= 15 is 0 Å². The van der Waals surface area contributed by atoms with E-state index in [1.165, 1.54) is 0 Å². The first-order chi connectivity index (χ1) is 11.2. The van der Waals surface area contributed by atoms with E-state index in [0.717, 1.165) is 10.9 Å². The van der Waals surface area contributed by atoms with Crippen molar-refractivity contribution in [3.63, 3.8) is 0 Å². The van der Waals surface area contributed by atoms with Gasteiger partial charge in [0.05, 0.1) is 19.8 Å². The first kappa shape index (κ1) is 15.0. The number of para-hydroxylation sites is 1. The Morgan fingerprint density at radius 2 is 1.78 bits per heavy atom. The molecule has 1 heterocycles. The number of ether oxygens (including phenoxy) is 2. The van der Waals surface area contributed by atoms with E-state index in [1.807, 2.05) is 47.2 Å². The van der Waals surface area contributed by atoms with Gasteiger partial charge < -0.3 is 9.47 Å². The van der Waals surface area contributed by atoms with Gasteiger partial charge in [-0.15, -0.1) is 0 Å². The highest BCUT2D eigenvalue weighted by atomic mass is 16.5. The van der Waals surface area contributed by atoms with E-state index in [2.05, 4.69) is 0 Å². The molecule has 0 aliphatic rings. The average molecular weight is 308 g/mol. The second-order valence-electron chi connectivity index (χ2n) is 5.18. The Labute approximate surface area is 134 Å². The topological polar surface area (TPSA) is 39.4 Å². The summed E-state index contributed by atoms with van der Waals surface area (Å²) in [4.78, 5) is 12.7. The lowest BCUT2D eigenvalue weighted by Crippen LogP contribution is -2.38. The molecule has 0 saturated heterocycles. The van der Waals surface area contributed by atoms with Gasteiger partial charge in [0.2, 0.25) is 17.8 Å². The van der Waals surface area contributed by atoms with Crippen molar-refractivity contribution in [1.29, 1.82) is 0 Å². The molecule has 0 fully saturated rings. The highest BCUT2D eigenvalue weighted by molar-refractivity contribution is 5.98. The van der Waals surface area contributed by atoms with Crippen LogP contribution in [0.25, 0.3) is 10.9 Å². The van der Waals surface area contributed by atoms with Gasteiger partial charge in [-0.3, -0.25) is 4.79 Å². The molecular formula is C19H18NO3+. The smallest absolute Gasteiger partial charge is 0.231 e. The molecule has 0 amide bonds. The van der Waals surface area contributed by atoms with E-state index < -0.39 is 0 Å². The summed E-state index contributed by atoms with van der Waals surface area (Å²) in [5, 5.41) is 1.10. The van der Waals surface area contributed by atoms with Crippen molar-refractivity contribution >= 4 is 16.7 Å². The number of ketones is 1. The van der Waals surface area contributed by atoms with Crippen LogP contribution >= 0.6 is 0 Å². The van der Waals surface area contributed by atoms with Gasteiger partial charge in [-0.25, -0.2) is 0 Å². The van der Waals surface area contributed by atoms with Gasteiger partial charge in [0.15, 0.2) is 6.20 Å². The molecule has 0 aliphatic carbocycles. The Kier molecular flexibility index (Phi) is 4.24. The lowest BCUT2D eigenvalue weighted by molar-refractivity contribution is -0.657. The maximum Gasteiger partial charge on any atom is 0.231 e. The highest BCUT2D eigenvalue weighted by Gasteiger charge is 2.19. The number of carbonyl (C=O) groups excluding carboxylic acids is 1. The normalized spacial score (nSPS) is 10.5. The van der Waals surface area contributed by atoms with Crippen LogP contribution in [0.1, 0.15) is 10.4 Å². The van der Waals surface area contributed by atoms with Crippen molar-refractivity contribution in [1.82, 2.24) is 0 Å². The Morgan fingerprint density at radius 3 is 2.57 bits per heavy atom. The summed E-state index contributed by atoms with van der Waals surface area (Å²) in [5.74, 6) is 1.16. The van der Waals surface area contributed by atoms with Crippen LogP contribution < -0.4 is 14.0 Å². The van der Waals surface area contributed by atoms with Gasteiger partial charge in [0.1, 0.15) is 11.5 Å². The van der Waals surface area contributed by atoms with Crippen LogP contribution in [0.2, 0.25) is 0 Å². The zero-order chi connectivity index (χ0) is 16.2. The third-order valence-electron chi connectivity index (χ3n) is 3.81. The molecule has 4 heteroatoms. The molecule has 116 valence electrons. The van der Waals surface area contributed by atoms with E-state index in [4.69, 9.17) is 9.47 Å². The van der Waals surface area contributed by atoms with Crippen LogP contribution in [0.15, 0.2) is 60.8 Å². The van der Waals surface area contributed by atoms with Crippen LogP contribution in [0.3, 0.4) is 0 Å². The lowest BCUT2D eigenvalue weighted by Gasteiger charge is -2.08. The van der Waals surface area contributed by atoms with Crippen LogP contribution in [0.4, 0.5) is 0 Å². The van der Waals surface area contributed by atoms with Gasteiger partial charge >= 0.3 is 0 Å². The zero-order valence-corrected chi connectivity index (χ0v) is 13.2. The summed E-state index contributed by atoms with van der Waals surface area (Å²) in [5.41, 5.74) is 1.54. The molecule has 3 aromatic rings. The number of aromatic nitrogens is 1. The summed E-state index contributed by atoms with van der Waals surface area (Å²) in [6, 6.07) is 17.2. The number of pyridine rings is 1. The second kappa shape index (κ2) is 6.48. The second-order valence-corrected chi connectivity index (χ2v) is 5.18. The van der Waals surface area contributed by atoms with Gasteiger partial charge in [-0.05, 0) is 30.3 Å². The Bertz CT molecular complexity index is 853. The molecule has 0 spiro atoms. The maximum atomic E-state index is 12.7. The van der Waals surface area contributed by atoms with Crippen molar-refractivity contribution in [2.24, 2.45) is 0 Å². The van der Waals surface area contributed by atoms with Crippen LogP contribution in [0, 0.1) is 0 Å². The van der Waals surface area contributed by atoms with E-state index in [1.54, 1.807) is 32.4 Å². The highest BCUT2D eigenvalue weighted by Crippen LogP contribution is 2.24. The van der Waals surface area contributed by atoms with E-state index in [0.29, 0.717) is 17.1 Å². The van der Waals surface area contributed by atoms with Crippen LogP contribution in [-0.4, -0.2) is 20.0 Å². The third-order valence-corrected chi connectivity index (χ3v) is 3.81. The molecule has 0 aliphatic heterocycles. The third kappa shape index (κ3) is 3.01. The number of carbonyl (C=O) groups is 1. The standard InChI is InChI=1S/C19H18NO3/c1-22-15-9-10-19(23-2)16(12-15)18(21)13-20-11-5-7-14-6-3-4-8-17(14)20/h3-12H,13H2,1-2H3/q+1. The molecular weight excluding hydrogens is 290 g/mol. The summed E-state index contributed by atoms with van der Waals surface area (Å²) in [7, 11) is 3.14. The van der Waals surface area contributed by atoms with E-state index in [9.17, 15) is 4.79 Å². The summed E-state index contributed by atoms with van der Waals surface area (Å²) in [6.45, 7) is 0.241. The van der Waals surface area contributed by atoms with Crippen LogP contribution in [0.5, 0.6) is 11.5 Å². The molecule has 3 rings (SSSR count). The van der Waals surface area contributed by atoms with Crippen molar-refractivity contribution in [2.45, 2.75) is 6.54 Å². The summed E-state index contributed by atoms with van der Waals surface area (Å²) >= 11 is 0. The number of benzene rings is 2. The van der Waals surface area contributed by atoms with Gasteiger partial charge in [0.25, 0.3) is 0 Å². The zero-order valence-electron chi connectivity index (χ0n) is 13.2. The SMILES string of the molecule is COc1ccc(OC)c(C(=O)C[n+]2cccc3ccccc32)c1. The number of methoxy groups -OCH3 is 2. The van der Waals surface area contributed by atoms with Crippen molar-refractivity contribution < 1.29 is 18.8 Å². The molecule has 0 bridgehead atoms. The molecule has 0 unspecified atom stereocenters. The number of Topliss-reactive ketones (excluding diaryl/α,β-unsaturated/α-hetero) is 1. The largest absolute Gasteiger partial charge is 0.497 e. The Hall–Kier alpha value is -2.88. The van der Waals surface area contributed by atoms with Crippen LogP contribution in [-0.2, 0) is 6.54 Å². The first-order valence-electron chi connectivity index (χ1n) is 7.35. The monoisotopic (exact) mass is 308 g/mol. The van der Waals surface area contributed by atoms with Crippen molar-refractivity contribution in [2.75, 3.05) is 14.2 Å². The predicted octanol–water partition coefficient (Wildman–Crippen LogP) is 3.03. The van der Waals surface area contributed by atoms with Crippen molar-refractivity contribution in [3.8, 4) is 11.5 Å². The fourth-order valence-corrected chi connectivity index (χ4v) is 2.63. The van der Waals surface area contributed by atoms with E-state index in [-0.39, 0.29) is 12.3 Å². The lowest BCUT2D eigenvalue weighted by atomic mass is 10.1. The molecule has 0 radical (unpaired) electrons.